The topological polar surface area (TPSA) is 44.5 Å². The highest BCUT2D eigenvalue weighted by Crippen LogP contribution is 2.24. The van der Waals surface area contributed by atoms with Crippen molar-refractivity contribution in [2.24, 2.45) is 5.73 Å². The number of ether oxygens (including phenoxy) is 2. The normalized spacial score (nSPS) is 12.0. The van der Waals surface area contributed by atoms with Gasteiger partial charge in [0.25, 0.3) is 0 Å². The predicted octanol–water partition coefficient (Wildman–Crippen LogP) is 3.91. The van der Waals surface area contributed by atoms with E-state index in [0.29, 0.717) is 19.1 Å². The third-order valence-corrected chi connectivity index (χ3v) is 3.92. The molecule has 0 radical (unpaired) electrons. The zero-order chi connectivity index (χ0) is 15.8. The Morgan fingerprint density at radius 2 is 1.82 bits per heavy atom. The van der Waals surface area contributed by atoms with Gasteiger partial charge in [0.1, 0.15) is 11.5 Å². The number of methoxy groups -OCH3 is 1. The molecule has 0 fully saturated rings. The fraction of sp³-hybridized carbons (Fsp3) is 0.368. The molecule has 2 aromatic carbocycles. The summed E-state index contributed by atoms with van der Waals surface area (Å²) >= 11 is 0. The molecular weight excluding hydrogens is 274 g/mol. The second-order valence-electron chi connectivity index (χ2n) is 5.46. The Bertz CT molecular complexity index is 583. The summed E-state index contributed by atoms with van der Waals surface area (Å²) in [7, 11) is 1.66. The Morgan fingerprint density at radius 1 is 1.05 bits per heavy atom. The van der Waals surface area contributed by atoms with Gasteiger partial charge in [-0.25, -0.2) is 0 Å². The van der Waals surface area contributed by atoms with Gasteiger partial charge in [0, 0.05) is 6.07 Å². The minimum atomic E-state index is 0.398. The zero-order valence-electron chi connectivity index (χ0n) is 13.4. The molecule has 3 nitrogen and oxygen atoms in total. The first-order valence-corrected chi connectivity index (χ1v) is 7.77. The first kappa shape index (κ1) is 16.4. The zero-order valence-corrected chi connectivity index (χ0v) is 13.4. The van der Waals surface area contributed by atoms with Gasteiger partial charge < -0.3 is 15.2 Å². The molecule has 118 valence electrons. The van der Waals surface area contributed by atoms with Gasteiger partial charge in [-0.05, 0) is 55.5 Å². The van der Waals surface area contributed by atoms with Gasteiger partial charge in [-0.1, -0.05) is 30.3 Å². The van der Waals surface area contributed by atoms with E-state index >= 15 is 0 Å². The third kappa shape index (κ3) is 4.50. The Balaban J connectivity index is 1.83. The van der Waals surface area contributed by atoms with Crippen LogP contribution in [0.4, 0.5) is 0 Å². The van der Waals surface area contributed by atoms with Crippen LogP contribution in [0.3, 0.4) is 0 Å². The highest BCUT2D eigenvalue weighted by Gasteiger charge is 2.11. The van der Waals surface area contributed by atoms with Crippen LogP contribution < -0.4 is 15.2 Å². The molecule has 0 aliphatic carbocycles. The standard InChI is InChI=1S/C19H25NO2/c1-15-7-3-4-11-19(15)16(14-20)8-6-12-22-18-10-5-9-17(13-18)21-2/h3-5,7,9-11,13,16H,6,8,12,14,20H2,1-2H3. The van der Waals surface area contributed by atoms with E-state index in [1.54, 1.807) is 7.11 Å². The number of rotatable bonds is 8. The maximum Gasteiger partial charge on any atom is 0.122 e. The summed E-state index contributed by atoms with van der Waals surface area (Å²) < 4.78 is 11.0. The van der Waals surface area contributed by atoms with Crippen molar-refractivity contribution in [2.45, 2.75) is 25.7 Å². The first-order chi connectivity index (χ1) is 10.7. The van der Waals surface area contributed by atoms with Crippen LogP contribution in [0.1, 0.15) is 29.9 Å². The van der Waals surface area contributed by atoms with E-state index in [0.717, 1.165) is 24.3 Å². The van der Waals surface area contributed by atoms with Crippen LogP contribution in [0.2, 0.25) is 0 Å². The lowest BCUT2D eigenvalue weighted by atomic mass is 9.91. The first-order valence-electron chi connectivity index (χ1n) is 7.77. The Morgan fingerprint density at radius 3 is 2.55 bits per heavy atom. The van der Waals surface area contributed by atoms with Gasteiger partial charge in [0.15, 0.2) is 0 Å². The van der Waals surface area contributed by atoms with E-state index < -0.39 is 0 Å². The van der Waals surface area contributed by atoms with Gasteiger partial charge in [-0.3, -0.25) is 0 Å². The molecule has 0 heterocycles. The summed E-state index contributed by atoms with van der Waals surface area (Å²) in [5.74, 6) is 2.06. The largest absolute Gasteiger partial charge is 0.497 e. The molecule has 3 heteroatoms. The van der Waals surface area contributed by atoms with Crippen molar-refractivity contribution in [1.29, 1.82) is 0 Å². The molecule has 0 spiro atoms. The smallest absolute Gasteiger partial charge is 0.122 e. The SMILES string of the molecule is COc1cccc(OCCCC(CN)c2ccccc2C)c1. The molecule has 0 saturated carbocycles. The number of aryl methyl sites for hydroxylation is 1. The molecule has 2 aromatic rings. The van der Waals surface area contributed by atoms with Crippen molar-refractivity contribution < 1.29 is 9.47 Å². The van der Waals surface area contributed by atoms with E-state index in [1.807, 2.05) is 24.3 Å². The van der Waals surface area contributed by atoms with Gasteiger partial charge in [0.2, 0.25) is 0 Å². The molecule has 0 aliphatic heterocycles. The molecule has 0 bridgehead atoms. The molecule has 0 aromatic heterocycles. The van der Waals surface area contributed by atoms with Crippen LogP contribution in [0.25, 0.3) is 0 Å². The lowest BCUT2D eigenvalue weighted by Crippen LogP contribution is -2.14. The summed E-state index contributed by atoms with van der Waals surface area (Å²) in [4.78, 5) is 0. The summed E-state index contributed by atoms with van der Waals surface area (Å²) in [6.07, 6.45) is 2.01. The Hall–Kier alpha value is -2.00. The maximum absolute atomic E-state index is 5.95. The van der Waals surface area contributed by atoms with Crippen molar-refractivity contribution >= 4 is 0 Å². The van der Waals surface area contributed by atoms with Gasteiger partial charge >= 0.3 is 0 Å². The molecule has 0 amide bonds. The monoisotopic (exact) mass is 299 g/mol. The Kier molecular flexibility index (Phi) is 6.28. The summed E-state index contributed by atoms with van der Waals surface area (Å²) in [6, 6.07) is 16.2. The molecule has 2 N–H and O–H groups in total. The van der Waals surface area contributed by atoms with Crippen molar-refractivity contribution in [3.05, 3.63) is 59.7 Å². The third-order valence-electron chi connectivity index (χ3n) is 3.92. The van der Waals surface area contributed by atoms with Crippen LogP contribution in [0.5, 0.6) is 11.5 Å². The molecule has 22 heavy (non-hydrogen) atoms. The number of hydrogen-bond acceptors (Lipinski definition) is 3. The number of hydrogen-bond donors (Lipinski definition) is 1. The summed E-state index contributed by atoms with van der Waals surface area (Å²) in [5, 5.41) is 0. The van der Waals surface area contributed by atoms with E-state index in [9.17, 15) is 0 Å². The molecule has 1 atom stereocenters. The van der Waals surface area contributed by atoms with Gasteiger partial charge in [-0.15, -0.1) is 0 Å². The van der Waals surface area contributed by atoms with Crippen LogP contribution in [0.15, 0.2) is 48.5 Å². The number of benzene rings is 2. The van der Waals surface area contributed by atoms with E-state index in [2.05, 4.69) is 31.2 Å². The van der Waals surface area contributed by atoms with Crippen LogP contribution >= 0.6 is 0 Å². The van der Waals surface area contributed by atoms with Crippen LogP contribution in [0, 0.1) is 6.92 Å². The fourth-order valence-corrected chi connectivity index (χ4v) is 2.66. The van der Waals surface area contributed by atoms with E-state index in [4.69, 9.17) is 15.2 Å². The molecular formula is C19H25NO2. The van der Waals surface area contributed by atoms with Crippen molar-refractivity contribution in [3.63, 3.8) is 0 Å². The predicted molar refractivity (Wildman–Crippen MR) is 90.7 cm³/mol. The molecule has 0 saturated heterocycles. The second-order valence-corrected chi connectivity index (χ2v) is 5.46. The van der Waals surface area contributed by atoms with E-state index in [-0.39, 0.29) is 0 Å². The van der Waals surface area contributed by atoms with Crippen LogP contribution in [-0.2, 0) is 0 Å². The van der Waals surface area contributed by atoms with Gasteiger partial charge in [0.05, 0.1) is 13.7 Å². The van der Waals surface area contributed by atoms with Crippen molar-refractivity contribution in [1.82, 2.24) is 0 Å². The fourth-order valence-electron chi connectivity index (χ4n) is 2.66. The highest BCUT2D eigenvalue weighted by molar-refractivity contribution is 5.33. The van der Waals surface area contributed by atoms with E-state index in [1.165, 1.54) is 11.1 Å². The summed E-state index contributed by atoms with van der Waals surface area (Å²) in [6.45, 7) is 3.50. The maximum atomic E-state index is 5.95. The molecule has 0 aliphatic rings. The van der Waals surface area contributed by atoms with Crippen molar-refractivity contribution in [2.75, 3.05) is 20.3 Å². The van der Waals surface area contributed by atoms with Crippen molar-refractivity contribution in [3.8, 4) is 11.5 Å². The second kappa shape index (κ2) is 8.44. The quantitative estimate of drug-likeness (QED) is 0.752. The summed E-state index contributed by atoms with van der Waals surface area (Å²) in [5.41, 5.74) is 8.61. The van der Waals surface area contributed by atoms with Gasteiger partial charge in [-0.2, -0.15) is 0 Å². The van der Waals surface area contributed by atoms with Crippen LogP contribution in [-0.4, -0.2) is 20.3 Å². The molecule has 2 rings (SSSR count). The average molecular weight is 299 g/mol. The average Bonchev–Trinajstić information content (AvgIpc) is 2.56. The Labute approximate surface area is 133 Å². The number of nitrogens with two attached hydrogens (primary N) is 1. The minimum absolute atomic E-state index is 0.398. The lowest BCUT2D eigenvalue weighted by Gasteiger charge is -2.17. The molecule has 1 unspecified atom stereocenters. The minimum Gasteiger partial charge on any atom is -0.497 e. The highest BCUT2D eigenvalue weighted by atomic mass is 16.5. The lowest BCUT2D eigenvalue weighted by molar-refractivity contribution is 0.299.